The number of carbonyl (C=O) groups excluding carboxylic acids is 1. The molecular weight excluding hydrogens is 368 g/mol. The van der Waals surface area contributed by atoms with Crippen molar-refractivity contribution in [3.63, 3.8) is 0 Å². The van der Waals surface area contributed by atoms with E-state index < -0.39 is 0 Å². The summed E-state index contributed by atoms with van der Waals surface area (Å²) in [7, 11) is 1.62. The van der Waals surface area contributed by atoms with E-state index in [0.717, 1.165) is 48.2 Å². The van der Waals surface area contributed by atoms with E-state index in [4.69, 9.17) is 14.5 Å². The SMILES string of the molecule is COc1ccc(C(=O)N2CCc3nc(C)nc(N4C[C@@H](C)O[C@@H](C)C4)c3C2)cc1. The molecule has 1 fully saturated rings. The molecule has 1 amide bonds. The molecule has 2 atom stereocenters. The number of nitrogens with zero attached hydrogens (tertiary/aromatic N) is 4. The lowest BCUT2D eigenvalue weighted by Crippen LogP contribution is -2.47. The zero-order chi connectivity index (χ0) is 20.5. The van der Waals surface area contributed by atoms with Crippen LogP contribution in [0.25, 0.3) is 0 Å². The van der Waals surface area contributed by atoms with E-state index >= 15 is 0 Å². The number of aryl methyl sites for hydroxylation is 1. The highest BCUT2D eigenvalue weighted by Crippen LogP contribution is 2.29. The lowest BCUT2D eigenvalue weighted by molar-refractivity contribution is -0.00560. The molecule has 0 N–H and O–H groups in total. The Hall–Kier alpha value is -2.67. The lowest BCUT2D eigenvalue weighted by atomic mass is 10.0. The van der Waals surface area contributed by atoms with Crippen LogP contribution in [0, 0.1) is 6.92 Å². The number of rotatable bonds is 3. The zero-order valence-corrected chi connectivity index (χ0v) is 17.5. The van der Waals surface area contributed by atoms with Gasteiger partial charge in [0, 0.05) is 37.2 Å². The first-order chi connectivity index (χ1) is 13.9. The molecule has 1 aromatic heterocycles. The maximum atomic E-state index is 13.1. The minimum Gasteiger partial charge on any atom is -0.497 e. The molecule has 0 bridgehead atoms. The topological polar surface area (TPSA) is 67.8 Å². The number of ether oxygens (including phenoxy) is 2. The van der Waals surface area contributed by atoms with Crippen molar-refractivity contribution < 1.29 is 14.3 Å². The van der Waals surface area contributed by atoms with Crippen LogP contribution in [-0.4, -0.2) is 59.7 Å². The van der Waals surface area contributed by atoms with Gasteiger partial charge in [0.1, 0.15) is 17.4 Å². The van der Waals surface area contributed by atoms with Crippen molar-refractivity contribution in [2.24, 2.45) is 0 Å². The van der Waals surface area contributed by atoms with Crippen LogP contribution in [0.3, 0.4) is 0 Å². The molecule has 3 heterocycles. The fourth-order valence-electron chi connectivity index (χ4n) is 4.22. The molecule has 2 aliphatic heterocycles. The number of methoxy groups -OCH3 is 1. The highest BCUT2D eigenvalue weighted by Gasteiger charge is 2.30. The highest BCUT2D eigenvalue weighted by atomic mass is 16.5. The van der Waals surface area contributed by atoms with E-state index in [1.807, 2.05) is 36.1 Å². The Balaban J connectivity index is 1.61. The number of benzene rings is 1. The predicted octanol–water partition coefficient (Wildman–Crippen LogP) is 2.61. The van der Waals surface area contributed by atoms with E-state index in [1.54, 1.807) is 7.11 Å². The maximum Gasteiger partial charge on any atom is 0.254 e. The summed E-state index contributed by atoms with van der Waals surface area (Å²) in [4.78, 5) is 26.7. The predicted molar refractivity (Wildman–Crippen MR) is 110 cm³/mol. The average molecular weight is 396 g/mol. The molecule has 0 spiro atoms. The first-order valence-electron chi connectivity index (χ1n) is 10.1. The van der Waals surface area contributed by atoms with Gasteiger partial charge in [-0.25, -0.2) is 9.97 Å². The van der Waals surface area contributed by atoms with E-state index in [0.29, 0.717) is 18.7 Å². The summed E-state index contributed by atoms with van der Waals surface area (Å²) < 4.78 is 11.1. The maximum absolute atomic E-state index is 13.1. The van der Waals surface area contributed by atoms with Gasteiger partial charge < -0.3 is 19.3 Å². The fraction of sp³-hybridized carbons (Fsp3) is 0.500. The second-order valence-corrected chi connectivity index (χ2v) is 7.89. The van der Waals surface area contributed by atoms with Gasteiger partial charge in [0.15, 0.2) is 0 Å². The van der Waals surface area contributed by atoms with Crippen LogP contribution in [-0.2, 0) is 17.7 Å². The Bertz CT molecular complexity index is 890. The van der Waals surface area contributed by atoms with Crippen LogP contribution >= 0.6 is 0 Å². The molecule has 0 radical (unpaired) electrons. The van der Waals surface area contributed by atoms with Gasteiger partial charge in [-0.15, -0.1) is 0 Å². The summed E-state index contributed by atoms with van der Waals surface area (Å²) in [6, 6.07) is 7.27. The van der Waals surface area contributed by atoms with Crippen molar-refractivity contribution in [2.45, 2.75) is 45.9 Å². The number of amides is 1. The Morgan fingerprint density at radius 1 is 1.14 bits per heavy atom. The number of anilines is 1. The minimum atomic E-state index is 0.0218. The molecule has 1 saturated heterocycles. The Kier molecular flexibility index (Phi) is 5.41. The lowest BCUT2D eigenvalue weighted by Gasteiger charge is -2.38. The van der Waals surface area contributed by atoms with Crippen molar-refractivity contribution in [1.29, 1.82) is 0 Å². The molecule has 0 unspecified atom stereocenters. The third-order valence-corrected chi connectivity index (χ3v) is 5.49. The number of hydrogen-bond donors (Lipinski definition) is 0. The van der Waals surface area contributed by atoms with E-state index in [9.17, 15) is 4.79 Å². The van der Waals surface area contributed by atoms with E-state index in [2.05, 4.69) is 23.7 Å². The van der Waals surface area contributed by atoms with Crippen molar-refractivity contribution in [3.05, 3.63) is 46.9 Å². The van der Waals surface area contributed by atoms with Crippen LogP contribution in [0.1, 0.15) is 41.3 Å². The summed E-state index contributed by atoms with van der Waals surface area (Å²) in [6.07, 6.45) is 1.03. The van der Waals surface area contributed by atoms with Crippen LogP contribution in [0.2, 0.25) is 0 Å². The molecule has 2 aliphatic rings. The summed E-state index contributed by atoms with van der Waals surface area (Å²) in [5, 5.41) is 0. The normalized spacial score (nSPS) is 21.7. The molecule has 4 rings (SSSR count). The largest absolute Gasteiger partial charge is 0.497 e. The van der Waals surface area contributed by atoms with Gasteiger partial charge >= 0.3 is 0 Å². The van der Waals surface area contributed by atoms with Gasteiger partial charge in [0.2, 0.25) is 0 Å². The Morgan fingerprint density at radius 2 is 1.83 bits per heavy atom. The smallest absolute Gasteiger partial charge is 0.254 e. The molecule has 2 aromatic rings. The highest BCUT2D eigenvalue weighted by molar-refractivity contribution is 5.94. The molecule has 154 valence electrons. The second kappa shape index (κ2) is 7.99. The standard InChI is InChI=1S/C22H28N4O3/c1-14-11-26(12-15(2)29-14)21-19-13-25(10-9-20(19)23-16(3)24-21)22(27)17-5-7-18(28-4)8-6-17/h5-8,14-15H,9-13H2,1-4H3/t14-,15+. The van der Waals surface area contributed by atoms with Crippen molar-refractivity contribution >= 4 is 11.7 Å². The Labute approximate surface area is 171 Å². The third kappa shape index (κ3) is 4.05. The van der Waals surface area contributed by atoms with Crippen LogP contribution in [0.15, 0.2) is 24.3 Å². The van der Waals surface area contributed by atoms with Gasteiger partial charge in [-0.2, -0.15) is 0 Å². The van der Waals surface area contributed by atoms with Gasteiger partial charge in [-0.1, -0.05) is 0 Å². The molecular formula is C22H28N4O3. The van der Waals surface area contributed by atoms with Crippen molar-refractivity contribution in [3.8, 4) is 5.75 Å². The van der Waals surface area contributed by atoms with Crippen molar-refractivity contribution in [2.75, 3.05) is 31.6 Å². The number of hydrogen-bond acceptors (Lipinski definition) is 6. The number of morpholine rings is 1. The van der Waals surface area contributed by atoms with Gasteiger partial charge in [0.25, 0.3) is 5.91 Å². The summed E-state index contributed by atoms with van der Waals surface area (Å²) >= 11 is 0. The second-order valence-electron chi connectivity index (χ2n) is 7.89. The van der Waals surface area contributed by atoms with Crippen LogP contribution in [0.5, 0.6) is 5.75 Å². The van der Waals surface area contributed by atoms with Gasteiger partial charge in [-0.3, -0.25) is 4.79 Å². The minimum absolute atomic E-state index is 0.0218. The van der Waals surface area contributed by atoms with Gasteiger partial charge in [0.05, 0.1) is 31.6 Å². The molecule has 1 aromatic carbocycles. The van der Waals surface area contributed by atoms with Crippen LogP contribution in [0.4, 0.5) is 5.82 Å². The number of fused-ring (bicyclic) bond motifs is 1. The first kappa shape index (κ1) is 19.6. The molecule has 7 heteroatoms. The van der Waals surface area contributed by atoms with Crippen LogP contribution < -0.4 is 9.64 Å². The quantitative estimate of drug-likeness (QED) is 0.795. The number of aromatic nitrogens is 2. The average Bonchev–Trinajstić information content (AvgIpc) is 2.71. The fourth-order valence-corrected chi connectivity index (χ4v) is 4.22. The van der Waals surface area contributed by atoms with Crippen molar-refractivity contribution in [1.82, 2.24) is 14.9 Å². The van der Waals surface area contributed by atoms with Gasteiger partial charge in [-0.05, 0) is 45.0 Å². The molecule has 7 nitrogen and oxygen atoms in total. The molecule has 0 saturated carbocycles. The molecule has 0 aliphatic carbocycles. The van der Waals surface area contributed by atoms with E-state index in [1.165, 1.54) is 0 Å². The Morgan fingerprint density at radius 3 is 2.48 bits per heavy atom. The summed E-state index contributed by atoms with van der Waals surface area (Å²) in [5.74, 6) is 2.49. The zero-order valence-electron chi connectivity index (χ0n) is 17.5. The first-order valence-corrected chi connectivity index (χ1v) is 10.1. The number of carbonyl (C=O) groups is 1. The van der Waals surface area contributed by atoms with E-state index in [-0.39, 0.29) is 18.1 Å². The third-order valence-electron chi connectivity index (χ3n) is 5.49. The summed E-state index contributed by atoms with van der Waals surface area (Å²) in [5.41, 5.74) is 2.78. The molecule has 29 heavy (non-hydrogen) atoms. The summed E-state index contributed by atoms with van der Waals surface area (Å²) in [6.45, 7) is 8.87. The monoisotopic (exact) mass is 396 g/mol.